The average Bonchev–Trinajstić information content (AvgIpc) is 3.16. The maximum absolute atomic E-state index is 11.9. The molecule has 0 aliphatic rings. The van der Waals surface area contributed by atoms with E-state index in [1.54, 1.807) is 98.7 Å². The van der Waals surface area contributed by atoms with Crippen molar-refractivity contribution in [2.45, 2.75) is 177 Å². The Morgan fingerprint density at radius 3 is 0.542 bits per heavy atom. The molecule has 0 aliphatic carbocycles. The maximum atomic E-state index is 11.9. The van der Waals surface area contributed by atoms with Crippen molar-refractivity contribution in [3.63, 3.8) is 0 Å². The van der Waals surface area contributed by atoms with Crippen LogP contribution in [-0.2, 0) is 96.9 Å². The fourth-order valence-corrected chi connectivity index (χ4v) is 6.35. The predicted molar refractivity (Wildman–Crippen MR) is 316 cm³/mol. The zero-order valence-corrected chi connectivity index (χ0v) is 58.8. The number of hydrogen-bond acceptors (Lipinski definition) is 4. The van der Waals surface area contributed by atoms with Gasteiger partial charge in [0.25, 0.3) is 0 Å². The molecule has 0 spiro atoms. The second-order valence-corrected chi connectivity index (χ2v) is 23.9. The van der Waals surface area contributed by atoms with Crippen LogP contribution in [0.5, 0.6) is 17.2 Å². The van der Waals surface area contributed by atoms with E-state index in [1.807, 2.05) is 0 Å². The van der Waals surface area contributed by atoms with Gasteiger partial charge in [0, 0.05) is 81.1 Å². The quantitative estimate of drug-likeness (QED) is 0.224. The summed E-state index contributed by atoms with van der Waals surface area (Å²) in [6, 6.07) is 12.9. The molecular formula is C59H111N8O3Ta2-7. The molecule has 0 aromatic heterocycles. The van der Waals surface area contributed by atoms with Crippen molar-refractivity contribution in [3.8, 4) is 17.2 Å². The summed E-state index contributed by atoms with van der Waals surface area (Å²) >= 11 is 0. The number of nitrogens with zero attached hydrogens (tertiary/aromatic N) is 8. The van der Waals surface area contributed by atoms with Gasteiger partial charge in [-0.2, -0.15) is 98.7 Å². The first-order valence-corrected chi connectivity index (χ1v) is 24.4. The molecule has 13 heteroatoms. The Bertz CT molecular complexity index is 1600. The van der Waals surface area contributed by atoms with Gasteiger partial charge in [-0.3, -0.25) is 4.90 Å². The topological polar surface area (TPSA) is 163 Å². The molecule has 3 aromatic carbocycles. The summed E-state index contributed by atoms with van der Waals surface area (Å²) in [4.78, 5) is 2.27. The minimum absolute atomic E-state index is 0. The summed E-state index contributed by atoms with van der Waals surface area (Å²) in [5, 5.41) is 60.1. The summed E-state index contributed by atoms with van der Waals surface area (Å²) in [7, 11) is 24.5. The van der Waals surface area contributed by atoms with E-state index in [9.17, 15) is 15.3 Å². The van der Waals surface area contributed by atoms with Gasteiger partial charge in [-0.15, -0.1) is 0 Å². The largest absolute Gasteiger partial charge is 0.668 e. The number of phenols is 3. The third kappa shape index (κ3) is 34.7. The molecule has 11 nitrogen and oxygen atoms in total. The molecule has 3 aromatic rings. The van der Waals surface area contributed by atoms with Crippen LogP contribution in [0.15, 0.2) is 36.4 Å². The standard InChI is InChI=1S/C45H69NO3.7C2H6N.2Ta/c1-40(2,3)31-19-28(37(47)34(22-31)43(10,11)12)25-46(26-29-20-32(41(4,5)6)23-35(38(29)48)44(13,14)15)27-30-21-33(42(7,8)9)24-36(39(30)49)45(16,17)18;7*1-3-2;;/h19-24,47-49H,25-27H2,1-18H3;7*1-2H3;;/q;7*-1;;. The summed E-state index contributed by atoms with van der Waals surface area (Å²) < 4.78 is 0. The van der Waals surface area contributed by atoms with E-state index in [1.165, 1.54) is 16.7 Å². The summed E-state index contributed by atoms with van der Waals surface area (Å²) in [6.45, 7) is 40.5. The molecule has 0 bridgehead atoms. The predicted octanol–water partition coefficient (Wildman–Crippen LogP) is 16.1. The first-order valence-electron chi connectivity index (χ1n) is 24.4. The third-order valence-corrected chi connectivity index (χ3v) is 9.77. The number of phenolic OH excluding ortho intramolecular Hbond substituents is 3. The van der Waals surface area contributed by atoms with Crippen LogP contribution in [0, 0.1) is 0 Å². The van der Waals surface area contributed by atoms with Crippen molar-refractivity contribution in [3.05, 3.63) is 124 Å². The normalized spacial score (nSPS) is 11.1. The molecule has 0 fully saturated rings. The van der Waals surface area contributed by atoms with E-state index in [0.717, 1.165) is 33.4 Å². The molecular weight excluding hydrogens is 1230 g/mol. The molecule has 0 heterocycles. The van der Waals surface area contributed by atoms with Crippen molar-refractivity contribution in [2.24, 2.45) is 0 Å². The second kappa shape index (κ2) is 40.5. The van der Waals surface area contributed by atoms with Crippen LogP contribution in [0.1, 0.15) is 175 Å². The average molecular weight is 1340 g/mol. The van der Waals surface area contributed by atoms with E-state index < -0.39 is 0 Å². The van der Waals surface area contributed by atoms with Crippen LogP contribution in [0.3, 0.4) is 0 Å². The summed E-state index contributed by atoms with van der Waals surface area (Å²) in [5.74, 6) is 0.949. The van der Waals surface area contributed by atoms with Gasteiger partial charge < -0.3 is 52.5 Å². The van der Waals surface area contributed by atoms with Crippen molar-refractivity contribution in [1.29, 1.82) is 0 Å². The Hall–Kier alpha value is -1.78. The molecule has 3 N–H and O–H groups in total. The maximum Gasteiger partial charge on any atom is 0.123 e. The SMILES string of the molecule is CC(C)(C)c1cc(CN(Cc2cc(C(C)(C)C)cc(C(C)(C)C)c2O)Cc2cc(C(C)(C)C)cc(C(C)(C)C)c2O)c(O)c(C(C)(C)C)c1.C[N-]C.C[N-]C.C[N-]C.C[N-]C.C[N-]C.C[N-]C.C[N-]C.[Ta].[Ta]. The molecule has 3 rings (SSSR count). The van der Waals surface area contributed by atoms with Gasteiger partial charge in [-0.1, -0.05) is 161 Å². The zero-order chi connectivity index (χ0) is 56.8. The molecule has 0 unspecified atom stereocenters. The van der Waals surface area contributed by atoms with Gasteiger partial charge in [-0.25, -0.2) is 0 Å². The van der Waals surface area contributed by atoms with E-state index in [-0.39, 0.29) is 77.3 Å². The first-order chi connectivity index (χ1) is 31.7. The van der Waals surface area contributed by atoms with Crippen molar-refractivity contribution < 1.29 is 60.1 Å². The molecule has 0 saturated carbocycles. The minimum Gasteiger partial charge on any atom is -0.668 e. The van der Waals surface area contributed by atoms with Crippen LogP contribution in [-0.4, -0.2) is 119 Å². The molecule has 72 heavy (non-hydrogen) atoms. The summed E-state index contributed by atoms with van der Waals surface area (Å²) in [6.07, 6.45) is 0. The second-order valence-electron chi connectivity index (χ2n) is 23.9. The van der Waals surface area contributed by atoms with Gasteiger partial charge in [0.05, 0.1) is 0 Å². The van der Waals surface area contributed by atoms with Crippen LogP contribution >= 0.6 is 0 Å². The number of aromatic hydroxyl groups is 3. The fourth-order valence-electron chi connectivity index (χ4n) is 6.35. The Kier molecular flexibility index (Phi) is 47.3. The van der Waals surface area contributed by atoms with Crippen molar-refractivity contribution in [2.75, 3.05) is 98.7 Å². The van der Waals surface area contributed by atoms with Crippen molar-refractivity contribution in [1.82, 2.24) is 4.90 Å². The van der Waals surface area contributed by atoms with Gasteiger partial charge in [-0.05, 0) is 65.9 Å². The summed E-state index contributed by atoms with van der Waals surface area (Å²) in [5.41, 5.74) is 7.72. The Morgan fingerprint density at radius 1 is 0.292 bits per heavy atom. The van der Waals surface area contributed by atoms with Crippen LogP contribution in [0.4, 0.5) is 0 Å². The first kappa shape index (κ1) is 84.2. The Balaban J connectivity index is -0.000000315. The Labute approximate surface area is 478 Å². The van der Waals surface area contributed by atoms with Crippen LogP contribution in [0.2, 0.25) is 0 Å². The number of benzene rings is 3. The number of hydrogen-bond donors (Lipinski definition) is 3. The van der Waals surface area contributed by atoms with Gasteiger partial charge >= 0.3 is 0 Å². The van der Waals surface area contributed by atoms with E-state index in [0.29, 0.717) is 36.9 Å². The molecule has 0 aliphatic heterocycles. The van der Waals surface area contributed by atoms with E-state index >= 15 is 0 Å². The molecule has 422 valence electrons. The molecule has 0 saturated heterocycles. The fraction of sp³-hybridized carbons (Fsp3) is 0.695. The van der Waals surface area contributed by atoms with Crippen molar-refractivity contribution >= 4 is 0 Å². The van der Waals surface area contributed by atoms with Crippen LogP contribution in [0.25, 0.3) is 37.2 Å². The van der Waals surface area contributed by atoms with E-state index in [4.69, 9.17) is 0 Å². The van der Waals surface area contributed by atoms with Gasteiger partial charge in [0.15, 0.2) is 0 Å². The number of rotatable bonds is 6. The molecule has 2 radical (unpaired) electrons. The minimum atomic E-state index is -0.257. The molecule has 0 atom stereocenters. The Morgan fingerprint density at radius 2 is 0.431 bits per heavy atom. The van der Waals surface area contributed by atoms with E-state index in [2.05, 4.69) is 203 Å². The molecule has 0 amide bonds. The smallest absolute Gasteiger partial charge is 0.123 e. The van der Waals surface area contributed by atoms with Gasteiger partial charge in [0.2, 0.25) is 0 Å². The van der Waals surface area contributed by atoms with Crippen LogP contribution < -0.4 is 0 Å². The zero-order valence-electron chi connectivity index (χ0n) is 52.4. The monoisotopic (exact) mass is 1340 g/mol. The third-order valence-electron chi connectivity index (χ3n) is 9.77. The van der Waals surface area contributed by atoms with Gasteiger partial charge in [0.1, 0.15) is 17.2 Å².